The van der Waals surface area contributed by atoms with Crippen LogP contribution in [-0.4, -0.2) is 42.4 Å². The third kappa shape index (κ3) is 5.50. The van der Waals surface area contributed by atoms with Crippen LogP contribution in [0.4, 0.5) is 0 Å². The summed E-state index contributed by atoms with van der Waals surface area (Å²) in [5.41, 5.74) is 3.48. The number of thiophene rings is 1. The molecule has 0 atom stereocenters. The van der Waals surface area contributed by atoms with Crippen LogP contribution in [0.2, 0.25) is 0 Å². The number of fused-ring (bicyclic) bond motifs is 1. The summed E-state index contributed by atoms with van der Waals surface area (Å²) >= 11 is 1.66. The number of phenols is 2. The summed E-state index contributed by atoms with van der Waals surface area (Å²) in [5, 5.41) is 20.7. The van der Waals surface area contributed by atoms with Crippen molar-refractivity contribution in [2.24, 2.45) is 0 Å². The summed E-state index contributed by atoms with van der Waals surface area (Å²) in [6.07, 6.45) is 0.777. The van der Waals surface area contributed by atoms with E-state index >= 15 is 0 Å². The van der Waals surface area contributed by atoms with Gasteiger partial charge in [0.2, 0.25) is 0 Å². The minimum Gasteiger partial charge on any atom is -0.508 e. The van der Waals surface area contributed by atoms with E-state index in [1.807, 2.05) is 50.5 Å². The highest BCUT2D eigenvalue weighted by Crippen LogP contribution is 2.41. The van der Waals surface area contributed by atoms with Crippen molar-refractivity contribution >= 4 is 33.8 Å². The van der Waals surface area contributed by atoms with Gasteiger partial charge in [-0.25, -0.2) is 0 Å². The fraction of sp³-hybridized carbons (Fsp3) is 0.200. The fourth-order valence-corrected chi connectivity index (χ4v) is 4.67. The molecular formula is C25H26ClNO3S. The van der Waals surface area contributed by atoms with Crippen LogP contribution in [0.5, 0.6) is 17.2 Å². The molecule has 162 valence electrons. The van der Waals surface area contributed by atoms with Crippen LogP contribution in [0.15, 0.2) is 66.7 Å². The Morgan fingerprint density at radius 2 is 1.55 bits per heavy atom. The Hall–Kier alpha value is -2.73. The molecule has 4 aromatic rings. The lowest BCUT2D eigenvalue weighted by Gasteiger charge is -2.11. The number of nitrogens with zero attached hydrogens (tertiary/aromatic N) is 1. The van der Waals surface area contributed by atoms with Crippen LogP contribution in [-0.2, 0) is 6.42 Å². The summed E-state index contributed by atoms with van der Waals surface area (Å²) in [6.45, 7) is 1.54. The molecule has 0 radical (unpaired) electrons. The molecule has 0 bridgehead atoms. The Labute approximate surface area is 192 Å². The molecule has 1 heterocycles. The van der Waals surface area contributed by atoms with E-state index in [0.717, 1.165) is 39.2 Å². The van der Waals surface area contributed by atoms with Crippen molar-refractivity contribution in [3.05, 3.63) is 77.9 Å². The molecule has 0 aliphatic rings. The molecule has 4 nitrogen and oxygen atoms in total. The maximum absolute atomic E-state index is 9.92. The van der Waals surface area contributed by atoms with Crippen LogP contribution in [0.25, 0.3) is 20.5 Å². The zero-order valence-corrected chi connectivity index (χ0v) is 19.2. The summed E-state index contributed by atoms with van der Waals surface area (Å²) in [6, 6.07) is 21.1. The second kappa shape index (κ2) is 10.1. The molecule has 2 N–H and O–H groups in total. The van der Waals surface area contributed by atoms with Crippen molar-refractivity contribution in [2.75, 3.05) is 27.2 Å². The van der Waals surface area contributed by atoms with Gasteiger partial charge in [-0.1, -0.05) is 12.1 Å². The van der Waals surface area contributed by atoms with Gasteiger partial charge in [-0.15, -0.1) is 23.7 Å². The van der Waals surface area contributed by atoms with E-state index in [0.29, 0.717) is 6.61 Å². The summed E-state index contributed by atoms with van der Waals surface area (Å²) < 4.78 is 6.86. The van der Waals surface area contributed by atoms with E-state index in [2.05, 4.69) is 17.0 Å². The van der Waals surface area contributed by atoms with Crippen LogP contribution in [0.1, 0.15) is 11.1 Å². The van der Waals surface area contributed by atoms with Gasteiger partial charge in [0, 0.05) is 16.1 Å². The first-order valence-corrected chi connectivity index (χ1v) is 10.7. The highest BCUT2D eigenvalue weighted by molar-refractivity contribution is 7.22. The topological polar surface area (TPSA) is 52.9 Å². The van der Waals surface area contributed by atoms with Gasteiger partial charge in [0.05, 0.1) is 0 Å². The third-order valence-electron chi connectivity index (χ3n) is 5.02. The van der Waals surface area contributed by atoms with Gasteiger partial charge in [-0.3, -0.25) is 0 Å². The fourth-order valence-electron chi connectivity index (χ4n) is 3.41. The van der Waals surface area contributed by atoms with Gasteiger partial charge in [0.15, 0.2) is 0 Å². The molecule has 3 aromatic carbocycles. The first kappa shape index (κ1) is 22.9. The van der Waals surface area contributed by atoms with Crippen LogP contribution >= 0.6 is 23.7 Å². The SMILES string of the molecule is CN(C)CCOc1ccc(Cc2c(-c3ccc(O)cc3)sc3cc(O)ccc23)cc1.Cl. The molecule has 0 amide bonds. The number of hydrogen-bond acceptors (Lipinski definition) is 5. The van der Waals surface area contributed by atoms with E-state index in [1.54, 1.807) is 29.5 Å². The predicted molar refractivity (Wildman–Crippen MR) is 131 cm³/mol. The average Bonchev–Trinajstić information content (AvgIpc) is 3.07. The standard InChI is InChI=1S/C25H25NO3S.ClH/c1-26(2)13-14-29-21-10-3-17(4-11-21)15-23-22-12-9-20(28)16-24(22)30-25(23)18-5-7-19(27)8-6-18;/h3-12,16,27-28H,13-15H2,1-2H3;1H. The molecule has 1 aromatic heterocycles. The van der Waals surface area contributed by atoms with Crippen LogP contribution in [0.3, 0.4) is 0 Å². The summed E-state index contributed by atoms with van der Waals surface area (Å²) in [5.74, 6) is 1.40. The van der Waals surface area contributed by atoms with E-state index in [1.165, 1.54) is 11.1 Å². The molecule has 0 saturated carbocycles. The van der Waals surface area contributed by atoms with Crippen LogP contribution in [0, 0.1) is 0 Å². The number of likely N-dealkylation sites (N-methyl/N-ethyl adjacent to an activating group) is 1. The first-order valence-electron chi connectivity index (χ1n) is 9.90. The summed E-state index contributed by atoms with van der Waals surface area (Å²) in [4.78, 5) is 3.25. The Morgan fingerprint density at radius 3 is 2.23 bits per heavy atom. The van der Waals surface area contributed by atoms with Crippen LogP contribution < -0.4 is 4.74 Å². The van der Waals surface area contributed by atoms with E-state index < -0.39 is 0 Å². The van der Waals surface area contributed by atoms with Gasteiger partial charge >= 0.3 is 0 Å². The lowest BCUT2D eigenvalue weighted by Crippen LogP contribution is -2.19. The number of aromatic hydroxyl groups is 2. The average molecular weight is 456 g/mol. The largest absolute Gasteiger partial charge is 0.508 e. The van der Waals surface area contributed by atoms with Crippen molar-refractivity contribution in [2.45, 2.75) is 6.42 Å². The van der Waals surface area contributed by atoms with Crippen molar-refractivity contribution in [3.8, 4) is 27.7 Å². The number of halogens is 1. The minimum absolute atomic E-state index is 0. The number of ether oxygens (including phenoxy) is 1. The zero-order chi connectivity index (χ0) is 21.1. The highest BCUT2D eigenvalue weighted by atomic mass is 35.5. The normalized spacial score (nSPS) is 10.9. The molecule has 0 fully saturated rings. The van der Waals surface area contributed by atoms with Gasteiger partial charge in [0.1, 0.15) is 23.9 Å². The molecule has 0 saturated heterocycles. The van der Waals surface area contributed by atoms with Crippen molar-refractivity contribution in [1.82, 2.24) is 4.90 Å². The molecule has 4 rings (SSSR count). The monoisotopic (exact) mass is 455 g/mol. The second-order valence-corrected chi connectivity index (χ2v) is 8.66. The predicted octanol–water partition coefficient (Wildman–Crippen LogP) is 5.93. The van der Waals surface area contributed by atoms with Gasteiger partial charge in [0.25, 0.3) is 0 Å². The number of rotatable bonds is 7. The number of hydrogen-bond donors (Lipinski definition) is 2. The molecule has 31 heavy (non-hydrogen) atoms. The summed E-state index contributed by atoms with van der Waals surface area (Å²) in [7, 11) is 4.06. The van der Waals surface area contributed by atoms with E-state index in [9.17, 15) is 10.2 Å². The maximum Gasteiger partial charge on any atom is 0.119 e. The molecule has 0 unspecified atom stereocenters. The third-order valence-corrected chi connectivity index (χ3v) is 6.26. The van der Waals surface area contributed by atoms with Crippen molar-refractivity contribution in [1.29, 1.82) is 0 Å². The number of phenolic OH excluding ortho intramolecular Hbond substituents is 2. The Morgan fingerprint density at radius 1 is 0.871 bits per heavy atom. The highest BCUT2D eigenvalue weighted by Gasteiger charge is 2.15. The molecule has 0 aliphatic heterocycles. The molecule has 0 spiro atoms. The lowest BCUT2D eigenvalue weighted by atomic mass is 9.99. The second-order valence-electron chi connectivity index (χ2n) is 7.61. The maximum atomic E-state index is 9.92. The molecule has 0 aliphatic carbocycles. The van der Waals surface area contributed by atoms with Crippen molar-refractivity contribution in [3.63, 3.8) is 0 Å². The van der Waals surface area contributed by atoms with Gasteiger partial charge < -0.3 is 19.8 Å². The molecule has 6 heteroatoms. The molecular weight excluding hydrogens is 430 g/mol. The smallest absolute Gasteiger partial charge is 0.119 e. The Kier molecular flexibility index (Phi) is 7.44. The van der Waals surface area contributed by atoms with E-state index in [4.69, 9.17) is 4.74 Å². The number of benzene rings is 3. The lowest BCUT2D eigenvalue weighted by molar-refractivity contribution is 0.261. The zero-order valence-electron chi connectivity index (χ0n) is 17.5. The Bertz CT molecular complexity index is 1140. The van der Waals surface area contributed by atoms with Gasteiger partial charge in [-0.2, -0.15) is 0 Å². The van der Waals surface area contributed by atoms with E-state index in [-0.39, 0.29) is 23.9 Å². The van der Waals surface area contributed by atoms with Crippen molar-refractivity contribution < 1.29 is 14.9 Å². The van der Waals surface area contributed by atoms with Gasteiger partial charge in [-0.05, 0) is 97.2 Å². The first-order chi connectivity index (χ1) is 14.5. The Balaban J connectivity index is 0.00000272. The minimum atomic E-state index is 0. The quantitative estimate of drug-likeness (QED) is 0.362.